The maximum Gasteiger partial charge on any atom is 0.313 e. The fourth-order valence-electron chi connectivity index (χ4n) is 7.97. The van der Waals surface area contributed by atoms with Crippen LogP contribution in [0.3, 0.4) is 0 Å². The van der Waals surface area contributed by atoms with Gasteiger partial charge in [-0.3, -0.25) is 9.59 Å². The third-order valence-corrected chi connectivity index (χ3v) is 9.21. The van der Waals surface area contributed by atoms with E-state index in [-0.39, 0.29) is 28.6 Å². The molecule has 0 aromatic heterocycles. The van der Waals surface area contributed by atoms with Gasteiger partial charge in [0, 0.05) is 5.92 Å². The van der Waals surface area contributed by atoms with Crippen molar-refractivity contribution in [3.8, 4) is 0 Å². The molecule has 1 unspecified atom stereocenters. The molecular formula is C25H36O3. The highest BCUT2D eigenvalue weighted by atomic mass is 16.5. The zero-order valence-corrected chi connectivity index (χ0v) is 17.8. The van der Waals surface area contributed by atoms with Crippen molar-refractivity contribution in [2.45, 2.75) is 72.1 Å². The summed E-state index contributed by atoms with van der Waals surface area (Å²) >= 11 is 0. The van der Waals surface area contributed by atoms with Crippen LogP contribution in [-0.4, -0.2) is 18.4 Å². The zero-order chi connectivity index (χ0) is 20.1. The first kappa shape index (κ1) is 19.9. The molecule has 0 heterocycles. The Bertz CT molecular complexity index is 707. The number of carbonyl (C=O) groups excluding carboxylic acids is 2. The first-order chi connectivity index (χ1) is 13.3. The summed E-state index contributed by atoms with van der Waals surface area (Å²) in [5.74, 6) is 2.48. The van der Waals surface area contributed by atoms with Crippen LogP contribution in [0.1, 0.15) is 72.1 Å². The fourth-order valence-corrected chi connectivity index (χ4v) is 7.97. The summed E-state index contributed by atoms with van der Waals surface area (Å²) < 4.78 is 5.45. The summed E-state index contributed by atoms with van der Waals surface area (Å²) in [5.41, 5.74) is 1.67. The molecular weight excluding hydrogens is 348 g/mol. The minimum absolute atomic E-state index is 0.0614. The Labute approximate surface area is 170 Å². The van der Waals surface area contributed by atoms with E-state index in [0.29, 0.717) is 30.1 Å². The van der Waals surface area contributed by atoms with E-state index in [2.05, 4.69) is 26.5 Å². The highest BCUT2D eigenvalue weighted by molar-refractivity contribution is 5.79. The van der Waals surface area contributed by atoms with Gasteiger partial charge in [-0.25, -0.2) is 0 Å². The molecule has 0 amide bonds. The van der Waals surface area contributed by atoms with E-state index in [0.717, 1.165) is 32.1 Å². The van der Waals surface area contributed by atoms with E-state index in [1.807, 2.05) is 0 Å². The number of carbonyl (C=O) groups is 2. The second-order valence-corrected chi connectivity index (χ2v) is 10.3. The molecule has 3 heteroatoms. The number of ether oxygens (including phenoxy) is 1. The minimum atomic E-state index is -0.0680. The maximum atomic E-state index is 12.7. The first-order valence-electron chi connectivity index (χ1n) is 11.3. The Kier molecular flexibility index (Phi) is 5.08. The first-order valence-corrected chi connectivity index (χ1v) is 11.3. The molecule has 0 aliphatic heterocycles. The van der Waals surface area contributed by atoms with Gasteiger partial charge in [-0.15, -0.1) is 0 Å². The molecule has 3 nitrogen and oxygen atoms in total. The highest BCUT2D eigenvalue weighted by Gasteiger charge is 2.60. The number of ketones is 1. The molecule has 0 aromatic rings. The van der Waals surface area contributed by atoms with Crippen molar-refractivity contribution in [1.29, 1.82) is 0 Å². The Morgan fingerprint density at radius 1 is 1.18 bits per heavy atom. The number of hydrogen-bond acceptors (Lipinski definition) is 3. The van der Waals surface area contributed by atoms with Crippen LogP contribution < -0.4 is 0 Å². The molecule has 4 aliphatic carbocycles. The van der Waals surface area contributed by atoms with E-state index in [1.54, 1.807) is 13.0 Å². The number of esters is 1. The molecule has 7 atom stereocenters. The monoisotopic (exact) mass is 384 g/mol. The Morgan fingerprint density at radius 3 is 2.68 bits per heavy atom. The van der Waals surface area contributed by atoms with Gasteiger partial charge in [-0.2, -0.15) is 0 Å². The molecule has 28 heavy (non-hydrogen) atoms. The van der Waals surface area contributed by atoms with Crippen LogP contribution in [0.15, 0.2) is 24.3 Å². The Hall–Kier alpha value is -1.38. The number of fused-ring (bicyclic) bond motifs is 5. The quantitative estimate of drug-likeness (QED) is 0.475. The lowest BCUT2D eigenvalue weighted by molar-refractivity contribution is -0.148. The molecule has 3 fully saturated rings. The average Bonchev–Trinajstić information content (AvgIpc) is 3.02. The summed E-state index contributed by atoms with van der Waals surface area (Å²) in [6, 6.07) is 0. The number of rotatable bonds is 4. The molecule has 4 rings (SSSR count). The number of hydrogen-bond donors (Lipinski definition) is 0. The van der Waals surface area contributed by atoms with Gasteiger partial charge in [0.2, 0.25) is 0 Å². The van der Waals surface area contributed by atoms with Gasteiger partial charge >= 0.3 is 5.97 Å². The minimum Gasteiger partial charge on any atom is -0.461 e. The van der Waals surface area contributed by atoms with Crippen LogP contribution in [-0.2, 0) is 14.3 Å². The molecule has 0 bridgehead atoms. The predicted molar refractivity (Wildman–Crippen MR) is 111 cm³/mol. The smallest absolute Gasteiger partial charge is 0.313 e. The molecule has 3 saturated carbocycles. The Morgan fingerprint density at radius 2 is 1.96 bits per heavy atom. The molecule has 154 valence electrons. The number of Topliss-reactive ketones (excluding diaryl/α,β-unsaturated/α-hetero) is 1. The second-order valence-electron chi connectivity index (χ2n) is 10.3. The van der Waals surface area contributed by atoms with Crippen LogP contribution in [0.4, 0.5) is 0 Å². The SMILES string of the molecule is C=CCOC(=O)C1CCC[C@@]2(C)C1=CC[C@H]1[C@@H]3CC[C@H](C(C)=O)[C@@]3(C)CC[C@@H]12. The molecule has 4 aliphatic rings. The summed E-state index contributed by atoms with van der Waals surface area (Å²) in [7, 11) is 0. The van der Waals surface area contributed by atoms with Crippen molar-refractivity contribution in [2.24, 2.45) is 40.4 Å². The van der Waals surface area contributed by atoms with Crippen molar-refractivity contribution in [3.63, 3.8) is 0 Å². The summed E-state index contributed by atoms with van der Waals surface area (Å²) in [5, 5.41) is 0. The van der Waals surface area contributed by atoms with Crippen LogP contribution in [0, 0.1) is 40.4 Å². The summed E-state index contributed by atoms with van der Waals surface area (Å²) in [6.45, 7) is 10.6. The lowest BCUT2D eigenvalue weighted by Gasteiger charge is -2.58. The van der Waals surface area contributed by atoms with Gasteiger partial charge in [0.25, 0.3) is 0 Å². The molecule has 0 saturated heterocycles. The molecule has 0 N–H and O–H groups in total. The van der Waals surface area contributed by atoms with Gasteiger partial charge in [0.1, 0.15) is 12.4 Å². The van der Waals surface area contributed by atoms with Gasteiger partial charge in [0.15, 0.2) is 0 Å². The highest BCUT2D eigenvalue weighted by Crippen LogP contribution is 2.66. The lowest BCUT2D eigenvalue weighted by Crippen LogP contribution is -2.51. The van der Waals surface area contributed by atoms with Crippen molar-refractivity contribution in [3.05, 3.63) is 24.3 Å². The van der Waals surface area contributed by atoms with E-state index < -0.39 is 0 Å². The molecule has 0 aromatic carbocycles. The predicted octanol–water partition coefficient (Wildman–Crippen LogP) is 5.50. The zero-order valence-electron chi connectivity index (χ0n) is 17.8. The molecule has 0 spiro atoms. The second kappa shape index (κ2) is 7.15. The van der Waals surface area contributed by atoms with Crippen LogP contribution >= 0.6 is 0 Å². The summed E-state index contributed by atoms with van der Waals surface area (Å²) in [4.78, 5) is 25.0. The van der Waals surface area contributed by atoms with Crippen LogP contribution in [0.2, 0.25) is 0 Å². The lowest BCUT2D eigenvalue weighted by atomic mass is 9.46. The van der Waals surface area contributed by atoms with E-state index in [4.69, 9.17) is 4.74 Å². The van der Waals surface area contributed by atoms with E-state index in [9.17, 15) is 9.59 Å². The topological polar surface area (TPSA) is 43.4 Å². The van der Waals surface area contributed by atoms with Crippen LogP contribution in [0.25, 0.3) is 0 Å². The fraction of sp³-hybridized carbons (Fsp3) is 0.760. The van der Waals surface area contributed by atoms with Gasteiger partial charge < -0.3 is 4.74 Å². The largest absolute Gasteiger partial charge is 0.461 e. The van der Waals surface area contributed by atoms with Crippen molar-refractivity contribution in [2.75, 3.05) is 6.61 Å². The third-order valence-electron chi connectivity index (χ3n) is 9.21. The van der Waals surface area contributed by atoms with Crippen molar-refractivity contribution >= 4 is 11.8 Å². The average molecular weight is 385 g/mol. The third kappa shape index (κ3) is 2.83. The summed E-state index contributed by atoms with van der Waals surface area (Å²) in [6.07, 6.45) is 13.0. The van der Waals surface area contributed by atoms with Crippen molar-refractivity contribution < 1.29 is 14.3 Å². The Balaban J connectivity index is 1.63. The van der Waals surface area contributed by atoms with Crippen LogP contribution in [0.5, 0.6) is 0 Å². The van der Waals surface area contributed by atoms with Crippen molar-refractivity contribution in [1.82, 2.24) is 0 Å². The van der Waals surface area contributed by atoms with E-state index in [1.165, 1.54) is 24.8 Å². The van der Waals surface area contributed by atoms with Gasteiger partial charge in [-0.05, 0) is 80.5 Å². The standard InChI is InChI=1S/C25H36O3/c1-5-15-28-23(27)18-7-6-13-24(3)21(18)9-8-17-20-11-10-19(16(2)26)25(20,4)14-12-22(17)24/h5,9,17-20,22H,1,6-8,10-15H2,2-4H3/t17-,18?,19+,20-,22-,24-,25+/m0/s1. The normalized spacial score (nSPS) is 44.5. The van der Waals surface area contributed by atoms with E-state index >= 15 is 0 Å². The van der Waals surface area contributed by atoms with Gasteiger partial charge in [-0.1, -0.05) is 44.6 Å². The molecule has 0 radical (unpaired) electrons. The van der Waals surface area contributed by atoms with Gasteiger partial charge in [0.05, 0.1) is 5.92 Å². The number of allylic oxidation sites excluding steroid dienone is 1. The maximum absolute atomic E-state index is 12.7.